The van der Waals surface area contributed by atoms with Gasteiger partial charge < -0.3 is 5.32 Å². The van der Waals surface area contributed by atoms with E-state index in [1.807, 2.05) is 0 Å². The number of hydrogen-bond acceptors (Lipinski definition) is 4. The molecule has 0 saturated carbocycles. The Morgan fingerprint density at radius 3 is 2.76 bits per heavy atom. The van der Waals surface area contributed by atoms with Crippen LogP contribution in [-0.2, 0) is 9.59 Å². The van der Waals surface area contributed by atoms with Gasteiger partial charge in [0.25, 0.3) is 5.91 Å². The Morgan fingerprint density at radius 2 is 2.12 bits per heavy atom. The quantitative estimate of drug-likeness (QED) is 0.524. The predicted octanol–water partition coefficient (Wildman–Crippen LogP) is -1.31. The number of hydrogen-bond donors (Lipinski definition) is 3. The van der Waals surface area contributed by atoms with E-state index < -0.39 is 0 Å². The molecule has 6 nitrogen and oxygen atoms in total. The Labute approximate surface area is 101 Å². The molecule has 2 fully saturated rings. The van der Waals surface area contributed by atoms with Crippen LogP contribution in [0.25, 0.3) is 0 Å². The van der Waals surface area contributed by atoms with Crippen LogP contribution in [0.3, 0.4) is 0 Å². The van der Waals surface area contributed by atoms with Gasteiger partial charge in [0.1, 0.15) is 0 Å². The van der Waals surface area contributed by atoms with E-state index in [0.717, 1.165) is 19.6 Å². The highest BCUT2D eigenvalue weighted by Crippen LogP contribution is 2.31. The molecule has 2 rings (SSSR count). The number of rotatable bonds is 2. The summed E-state index contributed by atoms with van der Waals surface area (Å²) in [7, 11) is 0. The first kappa shape index (κ1) is 12.3. The number of amides is 2. The molecule has 3 unspecified atom stereocenters. The number of carbonyl (C=O) groups excluding carboxylic acids is 2. The molecule has 6 heteroatoms. The third-order valence-corrected chi connectivity index (χ3v) is 3.78. The number of carbonyl (C=O) groups is 2. The first-order chi connectivity index (χ1) is 8.08. The molecular formula is C11H20N4O2. The second-order valence-corrected chi connectivity index (χ2v) is 4.98. The van der Waals surface area contributed by atoms with Gasteiger partial charge in [0.05, 0.1) is 6.54 Å². The van der Waals surface area contributed by atoms with E-state index in [9.17, 15) is 9.59 Å². The Balaban J connectivity index is 1.80. The minimum absolute atomic E-state index is 0.153. The molecule has 2 aliphatic heterocycles. The number of nitrogens with one attached hydrogen (secondary N) is 3. The second kappa shape index (κ2) is 5.01. The van der Waals surface area contributed by atoms with E-state index in [-0.39, 0.29) is 11.8 Å². The van der Waals surface area contributed by atoms with Gasteiger partial charge in [-0.05, 0) is 31.8 Å². The van der Waals surface area contributed by atoms with Gasteiger partial charge in [-0.1, -0.05) is 0 Å². The minimum atomic E-state index is -0.256. The molecule has 3 N–H and O–H groups in total. The molecule has 0 aliphatic carbocycles. The molecule has 17 heavy (non-hydrogen) atoms. The molecule has 2 saturated heterocycles. The summed E-state index contributed by atoms with van der Waals surface area (Å²) >= 11 is 0. The number of nitrogens with zero attached hydrogens (tertiary/aromatic N) is 1. The highest BCUT2D eigenvalue weighted by Gasteiger charge is 2.41. The van der Waals surface area contributed by atoms with Gasteiger partial charge >= 0.3 is 0 Å². The molecule has 0 aromatic carbocycles. The molecule has 2 amide bonds. The van der Waals surface area contributed by atoms with Crippen LogP contribution in [0, 0.1) is 11.8 Å². The largest absolute Gasteiger partial charge is 0.316 e. The van der Waals surface area contributed by atoms with Gasteiger partial charge in [-0.15, -0.1) is 0 Å². The summed E-state index contributed by atoms with van der Waals surface area (Å²) in [5.41, 5.74) is 4.71. The molecule has 2 heterocycles. The van der Waals surface area contributed by atoms with Crippen molar-refractivity contribution in [3.8, 4) is 0 Å². The van der Waals surface area contributed by atoms with Crippen molar-refractivity contribution in [2.24, 2.45) is 11.8 Å². The van der Waals surface area contributed by atoms with Crippen LogP contribution in [0.4, 0.5) is 0 Å². The first-order valence-corrected chi connectivity index (χ1v) is 6.08. The van der Waals surface area contributed by atoms with Crippen LogP contribution < -0.4 is 16.2 Å². The summed E-state index contributed by atoms with van der Waals surface area (Å²) in [6.07, 6.45) is 0. The van der Waals surface area contributed by atoms with E-state index in [4.69, 9.17) is 0 Å². The van der Waals surface area contributed by atoms with Crippen molar-refractivity contribution in [1.82, 2.24) is 21.1 Å². The average Bonchev–Trinajstić information content (AvgIpc) is 2.81. The molecule has 96 valence electrons. The third-order valence-electron chi connectivity index (χ3n) is 3.78. The zero-order chi connectivity index (χ0) is 12.4. The lowest BCUT2D eigenvalue weighted by Gasteiger charge is -2.23. The lowest BCUT2D eigenvalue weighted by Crippen LogP contribution is -2.47. The molecule has 2 aliphatic rings. The van der Waals surface area contributed by atoms with Crippen LogP contribution in [0.15, 0.2) is 0 Å². The summed E-state index contributed by atoms with van der Waals surface area (Å²) in [5.74, 6) is 0.913. The van der Waals surface area contributed by atoms with Crippen LogP contribution in [0.5, 0.6) is 0 Å². The van der Waals surface area contributed by atoms with Crippen molar-refractivity contribution in [2.45, 2.75) is 19.9 Å². The van der Waals surface area contributed by atoms with Gasteiger partial charge in [-0.3, -0.25) is 25.3 Å². The highest BCUT2D eigenvalue weighted by molar-refractivity contribution is 5.82. The van der Waals surface area contributed by atoms with Crippen LogP contribution in [-0.4, -0.2) is 48.9 Å². The maximum absolute atomic E-state index is 11.6. The van der Waals surface area contributed by atoms with Crippen LogP contribution >= 0.6 is 0 Å². The zero-order valence-electron chi connectivity index (χ0n) is 10.3. The third kappa shape index (κ3) is 2.76. The van der Waals surface area contributed by atoms with Crippen molar-refractivity contribution in [3.05, 3.63) is 0 Å². The average molecular weight is 240 g/mol. The Bertz CT molecular complexity index is 321. The maximum atomic E-state index is 11.6. The molecule has 0 aromatic heterocycles. The van der Waals surface area contributed by atoms with Crippen molar-refractivity contribution in [2.75, 3.05) is 26.2 Å². The lowest BCUT2D eigenvalue weighted by atomic mass is 9.95. The van der Waals surface area contributed by atoms with E-state index in [1.54, 1.807) is 0 Å². The van der Waals surface area contributed by atoms with Crippen molar-refractivity contribution >= 4 is 11.8 Å². The van der Waals surface area contributed by atoms with Crippen molar-refractivity contribution in [1.29, 1.82) is 0 Å². The van der Waals surface area contributed by atoms with Gasteiger partial charge in [0.15, 0.2) is 0 Å². The topological polar surface area (TPSA) is 73.5 Å². The predicted molar refractivity (Wildman–Crippen MR) is 62.8 cm³/mol. The molecule has 0 bridgehead atoms. The highest BCUT2D eigenvalue weighted by atomic mass is 16.2. The summed E-state index contributed by atoms with van der Waals surface area (Å²) < 4.78 is 0. The summed E-state index contributed by atoms with van der Waals surface area (Å²) in [5, 5.41) is 3.38. The van der Waals surface area contributed by atoms with Gasteiger partial charge in [0.2, 0.25) is 5.91 Å². The fourth-order valence-electron chi connectivity index (χ4n) is 2.85. The van der Waals surface area contributed by atoms with Gasteiger partial charge in [-0.25, -0.2) is 0 Å². The van der Waals surface area contributed by atoms with E-state index >= 15 is 0 Å². The second-order valence-electron chi connectivity index (χ2n) is 4.98. The summed E-state index contributed by atoms with van der Waals surface area (Å²) in [4.78, 5) is 24.4. The number of hydrazine groups is 1. The molecule has 0 spiro atoms. The van der Waals surface area contributed by atoms with Gasteiger partial charge in [0, 0.05) is 19.5 Å². The Hall–Kier alpha value is -1.14. The van der Waals surface area contributed by atoms with E-state index in [0.29, 0.717) is 24.4 Å². The minimum Gasteiger partial charge on any atom is -0.316 e. The monoisotopic (exact) mass is 240 g/mol. The van der Waals surface area contributed by atoms with E-state index in [1.165, 1.54) is 6.92 Å². The fourth-order valence-corrected chi connectivity index (χ4v) is 2.85. The Morgan fingerprint density at radius 1 is 1.35 bits per heavy atom. The molecular weight excluding hydrogens is 220 g/mol. The van der Waals surface area contributed by atoms with Crippen molar-refractivity contribution < 1.29 is 9.59 Å². The summed E-state index contributed by atoms with van der Waals surface area (Å²) in [6.45, 7) is 6.97. The van der Waals surface area contributed by atoms with Gasteiger partial charge in [-0.2, -0.15) is 0 Å². The number of fused-ring (bicyclic) bond motifs is 1. The normalized spacial score (nSPS) is 32.2. The van der Waals surface area contributed by atoms with Crippen molar-refractivity contribution in [3.63, 3.8) is 0 Å². The number of likely N-dealkylation sites (tertiary alicyclic amines) is 1. The molecule has 0 radical (unpaired) electrons. The van der Waals surface area contributed by atoms with Crippen LogP contribution in [0.2, 0.25) is 0 Å². The zero-order valence-corrected chi connectivity index (χ0v) is 10.3. The smallest absolute Gasteiger partial charge is 0.252 e. The summed E-state index contributed by atoms with van der Waals surface area (Å²) in [6, 6.07) is 0.429. The molecule has 3 atom stereocenters. The van der Waals surface area contributed by atoms with Crippen LogP contribution in [0.1, 0.15) is 13.8 Å². The van der Waals surface area contributed by atoms with E-state index in [2.05, 4.69) is 28.0 Å². The maximum Gasteiger partial charge on any atom is 0.252 e. The molecule has 0 aromatic rings. The Kier molecular flexibility index (Phi) is 3.63. The SMILES string of the molecule is CC(=O)NNC(=O)CN1CC2CNCC2C1C. The standard InChI is InChI=1S/C11H20N4O2/c1-7-10-4-12-3-9(10)5-15(7)6-11(17)14-13-8(2)16/h7,9-10,12H,3-6H2,1-2H3,(H,13,16)(H,14,17). The fraction of sp³-hybridized carbons (Fsp3) is 0.818. The first-order valence-electron chi connectivity index (χ1n) is 6.08. The lowest BCUT2D eigenvalue weighted by molar-refractivity contribution is -0.128.